The number of anilines is 1. The molecule has 17 heavy (non-hydrogen) atoms. The topological polar surface area (TPSA) is 115 Å². The zero-order valence-corrected chi connectivity index (χ0v) is 10.2. The highest BCUT2D eigenvalue weighted by Crippen LogP contribution is 2.25. The lowest BCUT2D eigenvalue weighted by Gasteiger charge is -2.10. The van der Waals surface area contributed by atoms with Gasteiger partial charge in [-0.15, -0.1) is 0 Å². The molecule has 8 heteroatoms. The molecule has 94 valence electrons. The molecule has 1 rings (SSSR count). The maximum absolute atomic E-state index is 11.8. The lowest BCUT2D eigenvalue weighted by molar-refractivity contribution is -0.387. The molecule has 0 spiro atoms. The van der Waals surface area contributed by atoms with Crippen LogP contribution in [0.4, 0.5) is 11.4 Å². The van der Waals surface area contributed by atoms with E-state index in [1.165, 1.54) is 6.07 Å². The number of hydrogen-bond donors (Lipinski definition) is 2. The smallest absolute Gasteiger partial charge is 0.289 e. The second kappa shape index (κ2) is 4.68. The Balaban J connectivity index is 3.38. The molecule has 0 amide bonds. The minimum Gasteiger partial charge on any atom is -0.399 e. The molecule has 0 saturated heterocycles. The van der Waals surface area contributed by atoms with Crippen LogP contribution >= 0.6 is 0 Å². The summed E-state index contributed by atoms with van der Waals surface area (Å²) in [5, 5.41) is 10.7. The third-order valence-corrected chi connectivity index (χ3v) is 3.55. The Kier molecular flexibility index (Phi) is 3.69. The first-order valence-corrected chi connectivity index (χ1v) is 6.28. The van der Waals surface area contributed by atoms with Crippen LogP contribution in [0.5, 0.6) is 0 Å². The lowest BCUT2D eigenvalue weighted by Crippen LogP contribution is -2.30. The summed E-state index contributed by atoms with van der Waals surface area (Å²) < 4.78 is 26.0. The molecular formula is C9H13N3O4S. The predicted molar refractivity (Wildman–Crippen MR) is 63.0 cm³/mol. The molecule has 0 aliphatic rings. The highest BCUT2D eigenvalue weighted by molar-refractivity contribution is 7.89. The van der Waals surface area contributed by atoms with E-state index in [-0.39, 0.29) is 11.7 Å². The molecule has 0 radical (unpaired) electrons. The molecule has 1 aromatic rings. The van der Waals surface area contributed by atoms with E-state index in [9.17, 15) is 18.5 Å². The summed E-state index contributed by atoms with van der Waals surface area (Å²) in [6.45, 7) is 3.24. The molecule has 0 aromatic heterocycles. The van der Waals surface area contributed by atoms with Gasteiger partial charge in [0.25, 0.3) is 5.69 Å². The summed E-state index contributed by atoms with van der Waals surface area (Å²) in [4.78, 5) is 9.56. The van der Waals surface area contributed by atoms with Gasteiger partial charge in [0.1, 0.15) is 0 Å². The number of rotatable bonds is 4. The zero-order chi connectivity index (χ0) is 13.2. The van der Waals surface area contributed by atoms with Gasteiger partial charge in [-0.2, -0.15) is 0 Å². The molecule has 0 bridgehead atoms. The largest absolute Gasteiger partial charge is 0.399 e. The first-order chi connectivity index (χ1) is 7.74. The van der Waals surface area contributed by atoms with Crippen LogP contribution in [-0.2, 0) is 10.0 Å². The van der Waals surface area contributed by atoms with Gasteiger partial charge in [-0.3, -0.25) is 10.1 Å². The Morgan fingerprint density at radius 1 is 1.41 bits per heavy atom. The molecule has 0 atom stereocenters. The molecule has 1 aromatic carbocycles. The van der Waals surface area contributed by atoms with E-state index in [0.29, 0.717) is 0 Å². The van der Waals surface area contributed by atoms with Crippen molar-refractivity contribution in [3.05, 3.63) is 28.3 Å². The van der Waals surface area contributed by atoms with Gasteiger partial charge in [-0.1, -0.05) is 0 Å². The second-order valence-electron chi connectivity index (χ2n) is 3.76. The van der Waals surface area contributed by atoms with Crippen LogP contribution in [0, 0.1) is 10.1 Å². The second-order valence-corrected chi connectivity index (χ2v) is 5.44. The Morgan fingerprint density at radius 2 is 2.00 bits per heavy atom. The summed E-state index contributed by atoms with van der Waals surface area (Å²) in [7, 11) is -3.93. The zero-order valence-electron chi connectivity index (χ0n) is 9.38. The lowest BCUT2D eigenvalue weighted by atomic mass is 10.3. The van der Waals surface area contributed by atoms with Crippen molar-refractivity contribution in [2.45, 2.75) is 24.8 Å². The van der Waals surface area contributed by atoms with E-state index in [1.54, 1.807) is 13.8 Å². The number of nitrogens with one attached hydrogen (secondary N) is 1. The van der Waals surface area contributed by atoms with Crippen molar-refractivity contribution in [3.8, 4) is 0 Å². The minimum atomic E-state index is -3.93. The predicted octanol–water partition coefficient (Wildman–Crippen LogP) is 0.864. The van der Waals surface area contributed by atoms with Crippen LogP contribution in [-0.4, -0.2) is 19.4 Å². The number of nitrogens with two attached hydrogens (primary N) is 1. The van der Waals surface area contributed by atoms with Crippen LogP contribution in [0.15, 0.2) is 23.1 Å². The third-order valence-electron chi connectivity index (χ3n) is 1.86. The standard InChI is InChI=1S/C9H13N3O4S/c1-6(2)11-17(15,16)9-5-7(10)3-4-8(9)12(13)14/h3-6,11H,10H2,1-2H3. The monoisotopic (exact) mass is 259 g/mol. The normalized spacial score (nSPS) is 11.7. The molecule has 7 nitrogen and oxygen atoms in total. The van der Waals surface area contributed by atoms with Crippen LogP contribution in [0.1, 0.15) is 13.8 Å². The number of nitrogen functional groups attached to an aromatic ring is 1. The summed E-state index contributed by atoms with van der Waals surface area (Å²) in [5.74, 6) is 0. The highest BCUT2D eigenvalue weighted by Gasteiger charge is 2.26. The van der Waals surface area contributed by atoms with Crippen LogP contribution in [0.3, 0.4) is 0 Å². The van der Waals surface area contributed by atoms with Gasteiger partial charge in [0.2, 0.25) is 10.0 Å². The molecule has 0 saturated carbocycles. The van der Waals surface area contributed by atoms with Crippen molar-refractivity contribution in [2.75, 3.05) is 5.73 Å². The van der Waals surface area contributed by atoms with Crippen molar-refractivity contribution in [1.29, 1.82) is 0 Å². The number of nitro groups is 1. The van der Waals surface area contributed by atoms with Crippen molar-refractivity contribution in [3.63, 3.8) is 0 Å². The van der Waals surface area contributed by atoms with E-state index < -0.39 is 25.5 Å². The quantitative estimate of drug-likeness (QED) is 0.472. The Bertz CT molecular complexity index is 539. The molecule has 0 heterocycles. The van der Waals surface area contributed by atoms with E-state index in [0.717, 1.165) is 12.1 Å². The minimum absolute atomic E-state index is 0.153. The van der Waals surface area contributed by atoms with E-state index in [4.69, 9.17) is 5.73 Å². The van der Waals surface area contributed by atoms with Gasteiger partial charge < -0.3 is 5.73 Å². The number of hydrogen-bond acceptors (Lipinski definition) is 5. The van der Waals surface area contributed by atoms with Gasteiger partial charge in [0, 0.05) is 17.8 Å². The van der Waals surface area contributed by atoms with Gasteiger partial charge in [0.15, 0.2) is 4.90 Å². The van der Waals surface area contributed by atoms with Crippen LogP contribution in [0.25, 0.3) is 0 Å². The number of sulfonamides is 1. The van der Waals surface area contributed by atoms with Crippen molar-refractivity contribution >= 4 is 21.4 Å². The molecule has 3 N–H and O–H groups in total. The molecule has 0 aliphatic heterocycles. The van der Waals surface area contributed by atoms with Crippen LogP contribution < -0.4 is 10.5 Å². The Morgan fingerprint density at radius 3 is 2.47 bits per heavy atom. The summed E-state index contributed by atoms with van der Waals surface area (Å²) >= 11 is 0. The first-order valence-electron chi connectivity index (χ1n) is 4.80. The maximum atomic E-state index is 11.8. The van der Waals surface area contributed by atoms with Gasteiger partial charge in [-0.25, -0.2) is 13.1 Å². The maximum Gasteiger partial charge on any atom is 0.289 e. The Labute approximate surface area is 98.8 Å². The summed E-state index contributed by atoms with van der Waals surface area (Å²) in [5.41, 5.74) is 5.10. The SMILES string of the molecule is CC(C)NS(=O)(=O)c1cc(N)ccc1[N+](=O)[O-]. The number of benzene rings is 1. The molecule has 0 fully saturated rings. The summed E-state index contributed by atoms with van der Waals surface area (Å²) in [6, 6.07) is 3.07. The fourth-order valence-corrected chi connectivity index (χ4v) is 2.73. The van der Waals surface area contributed by atoms with E-state index >= 15 is 0 Å². The average molecular weight is 259 g/mol. The van der Waals surface area contributed by atoms with Crippen molar-refractivity contribution in [1.82, 2.24) is 4.72 Å². The molecule has 0 unspecified atom stereocenters. The Hall–Kier alpha value is -1.67. The fraction of sp³-hybridized carbons (Fsp3) is 0.333. The van der Waals surface area contributed by atoms with Gasteiger partial charge in [-0.05, 0) is 26.0 Å². The highest BCUT2D eigenvalue weighted by atomic mass is 32.2. The first kappa shape index (κ1) is 13.4. The molecule has 0 aliphatic carbocycles. The van der Waals surface area contributed by atoms with Crippen molar-refractivity contribution in [2.24, 2.45) is 0 Å². The van der Waals surface area contributed by atoms with Crippen molar-refractivity contribution < 1.29 is 13.3 Å². The average Bonchev–Trinajstić information content (AvgIpc) is 2.14. The van der Waals surface area contributed by atoms with Gasteiger partial charge >= 0.3 is 0 Å². The summed E-state index contributed by atoms with van der Waals surface area (Å²) in [6.07, 6.45) is 0. The van der Waals surface area contributed by atoms with E-state index in [1.807, 2.05) is 0 Å². The number of nitrogens with zero attached hydrogens (tertiary/aromatic N) is 1. The van der Waals surface area contributed by atoms with Gasteiger partial charge in [0.05, 0.1) is 4.92 Å². The van der Waals surface area contributed by atoms with Crippen LogP contribution in [0.2, 0.25) is 0 Å². The van der Waals surface area contributed by atoms with E-state index in [2.05, 4.69) is 4.72 Å². The number of nitro benzene ring substituents is 1. The fourth-order valence-electron chi connectivity index (χ4n) is 1.27. The molecular weight excluding hydrogens is 246 g/mol. The third kappa shape index (κ3) is 3.14.